The zero-order valence-corrected chi connectivity index (χ0v) is 10.9. The maximum absolute atomic E-state index is 13.1. The summed E-state index contributed by atoms with van der Waals surface area (Å²) >= 11 is 0. The summed E-state index contributed by atoms with van der Waals surface area (Å²) in [6.45, 7) is 5.73. The SMILES string of the molecule is CC(C)(C)c1ccc(C(N)C(F)(F)C(F)(F)F)cc1. The largest absolute Gasteiger partial charge is 0.455 e. The molecule has 0 fully saturated rings. The molecule has 1 rings (SSSR count). The minimum atomic E-state index is -5.66. The van der Waals surface area contributed by atoms with Crippen LogP contribution in [0.25, 0.3) is 0 Å². The first kappa shape index (κ1) is 15.9. The predicted molar refractivity (Wildman–Crippen MR) is 63.1 cm³/mol. The number of hydrogen-bond donors (Lipinski definition) is 1. The molecule has 6 heteroatoms. The lowest BCUT2D eigenvalue weighted by atomic mass is 9.86. The van der Waals surface area contributed by atoms with Crippen LogP contribution in [0.4, 0.5) is 22.0 Å². The van der Waals surface area contributed by atoms with E-state index in [-0.39, 0.29) is 11.0 Å². The van der Waals surface area contributed by atoms with Crippen molar-refractivity contribution >= 4 is 0 Å². The Kier molecular flexibility index (Phi) is 3.96. The van der Waals surface area contributed by atoms with Gasteiger partial charge in [0.1, 0.15) is 6.04 Å². The summed E-state index contributed by atoms with van der Waals surface area (Å²) in [5, 5.41) is 0. The van der Waals surface area contributed by atoms with Crippen LogP contribution in [0.1, 0.15) is 37.9 Å². The number of nitrogens with two attached hydrogens (primary N) is 1. The van der Waals surface area contributed by atoms with E-state index in [1.807, 2.05) is 20.8 Å². The van der Waals surface area contributed by atoms with E-state index in [4.69, 9.17) is 5.73 Å². The molecule has 1 nitrogen and oxygen atoms in total. The van der Waals surface area contributed by atoms with Gasteiger partial charge < -0.3 is 5.73 Å². The van der Waals surface area contributed by atoms with Gasteiger partial charge in [0.15, 0.2) is 0 Å². The summed E-state index contributed by atoms with van der Waals surface area (Å²) in [4.78, 5) is 0. The highest BCUT2D eigenvalue weighted by atomic mass is 19.4. The number of hydrogen-bond acceptors (Lipinski definition) is 1. The highest BCUT2D eigenvalue weighted by Gasteiger charge is 2.61. The van der Waals surface area contributed by atoms with Gasteiger partial charge >= 0.3 is 12.1 Å². The van der Waals surface area contributed by atoms with Crippen molar-refractivity contribution in [3.63, 3.8) is 0 Å². The second-order valence-electron chi connectivity index (χ2n) is 5.47. The maximum Gasteiger partial charge on any atom is 0.455 e. The van der Waals surface area contributed by atoms with Crippen molar-refractivity contribution in [2.45, 2.75) is 44.3 Å². The van der Waals surface area contributed by atoms with E-state index in [9.17, 15) is 22.0 Å². The van der Waals surface area contributed by atoms with Gasteiger partial charge in [-0.15, -0.1) is 0 Å². The molecule has 0 radical (unpaired) electrons. The molecule has 0 aliphatic rings. The lowest BCUT2D eigenvalue weighted by Crippen LogP contribution is -2.45. The topological polar surface area (TPSA) is 26.0 Å². The van der Waals surface area contributed by atoms with Crippen molar-refractivity contribution in [1.82, 2.24) is 0 Å². The van der Waals surface area contributed by atoms with Crippen LogP contribution >= 0.6 is 0 Å². The molecule has 0 heterocycles. The Morgan fingerprint density at radius 3 is 1.63 bits per heavy atom. The second kappa shape index (κ2) is 4.74. The molecular formula is C13H16F5N. The Morgan fingerprint density at radius 1 is 0.895 bits per heavy atom. The van der Waals surface area contributed by atoms with Crippen molar-refractivity contribution in [3.05, 3.63) is 35.4 Å². The van der Waals surface area contributed by atoms with Gasteiger partial charge in [0.2, 0.25) is 0 Å². The summed E-state index contributed by atoms with van der Waals surface area (Å²) in [6.07, 6.45) is -5.66. The molecular weight excluding hydrogens is 265 g/mol. The van der Waals surface area contributed by atoms with Crippen molar-refractivity contribution in [1.29, 1.82) is 0 Å². The van der Waals surface area contributed by atoms with Gasteiger partial charge in [0.25, 0.3) is 0 Å². The molecule has 0 aliphatic carbocycles. The average Bonchev–Trinajstić information content (AvgIpc) is 2.25. The lowest BCUT2D eigenvalue weighted by Gasteiger charge is -2.26. The van der Waals surface area contributed by atoms with Crippen LogP contribution in [0.2, 0.25) is 0 Å². The molecule has 0 amide bonds. The van der Waals surface area contributed by atoms with E-state index in [0.29, 0.717) is 0 Å². The fourth-order valence-electron chi connectivity index (χ4n) is 1.58. The highest BCUT2D eigenvalue weighted by Crippen LogP contribution is 2.43. The molecule has 0 saturated carbocycles. The monoisotopic (exact) mass is 281 g/mol. The fraction of sp³-hybridized carbons (Fsp3) is 0.538. The van der Waals surface area contributed by atoms with Gasteiger partial charge in [0, 0.05) is 0 Å². The zero-order chi connectivity index (χ0) is 15.1. The Balaban J connectivity index is 3.06. The standard InChI is InChI=1S/C13H16F5N/c1-11(2,3)9-6-4-8(5-7-9)10(19)12(14,15)13(16,17)18/h4-7,10H,19H2,1-3H3. The molecule has 19 heavy (non-hydrogen) atoms. The van der Waals surface area contributed by atoms with Crippen molar-refractivity contribution < 1.29 is 22.0 Å². The third-order valence-electron chi connectivity index (χ3n) is 2.90. The summed E-state index contributed by atoms with van der Waals surface area (Å²) < 4.78 is 62.8. The van der Waals surface area contributed by atoms with Crippen LogP contribution in [0.15, 0.2) is 24.3 Å². The van der Waals surface area contributed by atoms with E-state index in [1.54, 1.807) is 0 Å². The molecule has 1 aromatic rings. The lowest BCUT2D eigenvalue weighted by molar-refractivity contribution is -0.291. The summed E-state index contributed by atoms with van der Waals surface area (Å²) in [5.74, 6) is -4.95. The van der Waals surface area contributed by atoms with Gasteiger partial charge in [-0.25, -0.2) is 0 Å². The van der Waals surface area contributed by atoms with Crippen molar-refractivity contribution in [2.24, 2.45) is 5.73 Å². The van der Waals surface area contributed by atoms with Crippen LogP contribution in [-0.2, 0) is 5.41 Å². The Hall–Kier alpha value is -1.17. The number of rotatable bonds is 2. The van der Waals surface area contributed by atoms with E-state index in [1.165, 1.54) is 24.3 Å². The van der Waals surface area contributed by atoms with Crippen molar-refractivity contribution in [2.75, 3.05) is 0 Å². The van der Waals surface area contributed by atoms with Crippen LogP contribution in [0.5, 0.6) is 0 Å². The van der Waals surface area contributed by atoms with Gasteiger partial charge in [0.05, 0.1) is 0 Å². The number of benzene rings is 1. The van der Waals surface area contributed by atoms with E-state index in [2.05, 4.69) is 0 Å². The average molecular weight is 281 g/mol. The molecule has 1 aromatic carbocycles. The van der Waals surface area contributed by atoms with Crippen LogP contribution < -0.4 is 5.73 Å². The first-order chi connectivity index (χ1) is 8.37. The smallest absolute Gasteiger partial charge is 0.319 e. The molecule has 0 bridgehead atoms. The summed E-state index contributed by atoms with van der Waals surface area (Å²) in [6, 6.07) is 3.06. The predicted octanol–water partition coefficient (Wildman–Crippen LogP) is 4.18. The molecule has 1 atom stereocenters. The van der Waals surface area contributed by atoms with E-state index >= 15 is 0 Å². The molecule has 2 N–H and O–H groups in total. The first-order valence-electron chi connectivity index (χ1n) is 5.68. The van der Waals surface area contributed by atoms with Gasteiger partial charge in [-0.3, -0.25) is 0 Å². The van der Waals surface area contributed by atoms with Crippen molar-refractivity contribution in [3.8, 4) is 0 Å². The summed E-state index contributed by atoms with van der Waals surface area (Å²) in [7, 11) is 0. The van der Waals surface area contributed by atoms with Crippen LogP contribution in [0.3, 0.4) is 0 Å². The minimum Gasteiger partial charge on any atom is -0.319 e. The Morgan fingerprint density at radius 2 is 1.32 bits per heavy atom. The maximum atomic E-state index is 13.1. The normalized spacial score (nSPS) is 15.4. The van der Waals surface area contributed by atoms with Gasteiger partial charge in [-0.05, 0) is 16.5 Å². The molecule has 0 saturated heterocycles. The molecule has 0 aliphatic heterocycles. The van der Waals surface area contributed by atoms with E-state index in [0.717, 1.165) is 5.56 Å². The van der Waals surface area contributed by atoms with Gasteiger partial charge in [-0.2, -0.15) is 22.0 Å². The molecule has 0 spiro atoms. The molecule has 1 unspecified atom stereocenters. The third-order valence-corrected chi connectivity index (χ3v) is 2.90. The van der Waals surface area contributed by atoms with Crippen LogP contribution in [-0.4, -0.2) is 12.1 Å². The van der Waals surface area contributed by atoms with E-state index < -0.39 is 18.1 Å². The minimum absolute atomic E-state index is 0.213. The quantitative estimate of drug-likeness (QED) is 0.808. The first-order valence-corrected chi connectivity index (χ1v) is 5.68. The fourth-order valence-corrected chi connectivity index (χ4v) is 1.58. The number of alkyl halides is 5. The number of halogens is 5. The molecule has 0 aromatic heterocycles. The van der Waals surface area contributed by atoms with Crippen LogP contribution in [0, 0.1) is 0 Å². The second-order valence-corrected chi connectivity index (χ2v) is 5.47. The van der Waals surface area contributed by atoms with Gasteiger partial charge in [-0.1, -0.05) is 45.0 Å². The Bertz CT molecular complexity index is 428. The molecule has 108 valence electrons. The Labute approximate surface area is 108 Å². The zero-order valence-electron chi connectivity index (χ0n) is 10.9. The summed E-state index contributed by atoms with van der Waals surface area (Å²) in [5.41, 5.74) is 5.43. The highest BCUT2D eigenvalue weighted by molar-refractivity contribution is 5.30. The third kappa shape index (κ3) is 3.23.